The molecule has 1 fully saturated rings. The van der Waals surface area contributed by atoms with Crippen molar-refractivity contribution in [3.63, 3.8) is 0 Å². The smallest absolute Gasteiger partial charge is 0.183 e. The predicted molar refractivity (Wildman–Crippen MR) is 104 cm³/mol. The van der Waals surface area contributed by atoms with Crippen molar-refractivity contribution in [2.75, 3.05) is 25.7 Å². The Bertz CT molecular complexity index is 1040. The van der Waals surface area contributed by atoms with Gasteiger partial charge in [-0.25, -0.2) is 16.8 Å². The molecule has 3 rings (SSSR count). The third-order valence-electron chi connectivity index (χ3n) is 4.67. The van der Waals surface area contributed by atoms with Gasteiger partial charge in [-0.2, -0.15) is 0 Å². The first-order chi connectivity index (χ1) is 13.3. The molecule has 2 atom stereocenters. The van der Waals surface area contributed by atoms with Crippen molar-refractivity contribution in [1.82, 2.24) is 10.3 Å². The lowest BCUT2D eigenvalue weighted by molar-refractivity contribution is 0.354. The van der Waals surface area contributed by atoms with E-state index in [9.17, 15) is 16.8 Å². The Labute approximate surface area is 164 Å². The van der Waals surface area contributed by atoms with Crippen LogP contribution in [0.15, 0.2) is 47.6 Å². The standard InChI is InChI=1S/C18H22N2O6S2/c1-25-16-6-5-14(8-17(16)26-2)28(23,24)18-12-27(21,22)11-15(18)20-10-13-4-3-7-19-9-13/h3-9,15,18,20H,10-12H2,1-2H3/t15-,18-/m0/s1. The summed E-state index contributed by atoms with van der Waals surface area (Å²) in [5, 5.41) is 1.99. The molecule has 0 spiro atoms. The van der Waals surface area contributed by atoms with E-state index in [4.69, 9.17) is 9.47 Å². The number of methoxy groups -OCH3 is 2. The highest BCUT2D eigenvalue weighted by Gasteiger charge is 2.45. The number of sulfone groups is 2. The van der Waals surface area contributed by atoms with Crippen LogP contribution in [0.3, 0.4) is 0 Å². The largest absolute Gasteiger partial charge is 0.493 e. The van der Waals surface area contributed by atoms with Gasteiger partial charge in [-0.05, 0) is 23.8 Å². The van der Waals surface area contributed by atoms with Gasteiger partial charge in [0.2, 0.25) is 0 Å². The third kappa shape index (κ3) is 4.29. The van der Waals surface area contributed by atoms with Crippen molar-refractivity contribution in [2.45, 2.75) is 22.7 Å². The minimum absolute atomic E-state index is 0.000396. The lowest BCUT2D eigenvalue weighted by Gasteiger charge is -2.20. The fourth-order valence-corrected chi connectivity index (χ4v) is 7.96. The Balaban J connectivity index is 1.89. The fraction of sp³-hybridized carbons (Fsp3) is 0.389. The van der Waals surface area contributed by atoms with Crippen molar-refractivity contribution in [2.24, 2.45) is 0 Å². The van der Waals surface area contributed by atoms with Crippen molar-refractivity contribution >= 4 is 19.7 Å². The molecule has 8 nitrogen and oxygen atoms in total. The maximum atomic E-state index is 13.2. The molecule has 0 amide bonds. The van der Waals surface area contributed by atoms with Gasteiger partial charge in [0.15, 0.2) is 31.2 Å². The van der Waals surface area contributed by atoms with Crippen LogP contribution in [0, 0.1) is 0 Å². The Hall–Kier alpha value is -2.17. The van der Waals surface area contributed by atoms with Crippen LogP contribution in [0.4, 0.5) is 0 Å². The van der Waals surface area contributed by atoms with Gasteiger partial charge in [0.05, 0.1) is 35.9 Å². The third-order valence-corrected chi connectivity index (χ3v) is 8.82. The number of nitrogens with zero attached hydrogens (tertiary/aromatic N) is 1. The first-order valence-corrected chi connectivity index (χ1v) is 11.9. The molecule has 0 unspecified atom stereocenters. The molecular weight excluding hydrogens is 404 g/mol. The molecule has 1 saturated heterocycles. The van der Waals surface area contributed by atoms with Crippen molar-refractivity contribution in [1.29, 1.82) is 0 Å². The minimum Gasteiger partial charge on any atom is -0.493 e. The molecule has 0 saturated carbocycles. The van der Waals surface area contributed by atoms with E-state index >= 15 is 0 Å². The zero-order chi connectivity index (χ0) is 20.4. The van der Waals surface area contributed by atoms with Gasteiger partial charge in [0.25, 0.3) is 0 Å². The van der Waals surface area contributed by atoms with E-state index in [0.29, 0.717) is 12.3 Å². The number of hydrogen-bond acceptors (Lipinski definition) is 8. The molecular formula is C18H22N2O6S2. The van der Waals surface area contributed by atoms with Gasteiger partial charge in [0.1, 0.15) is 0 Å². The van der Waals surface area contributed by atoms with E-state index in [1.165, 1.54) is 32.4 Å². The Morgan fingerprint density at radius 2 is 1.89 bits per heavy atom. The normalized spacial score (nSPS) is 21.4. The molecule has 1 aromatic heterocycles. The zero-order valence-electron chi connectivity index (χ0n) is 15.5. The molecule has 152 valence electrons. The van der Waals surface area contributed by atoms with E-state index < -0.39 is 36.7 Å². The van der Waals surface area contributed by atoms with E-state index in [2.05, 4.69) is 10.3 Å². The number of nitrogens with one attached hydrogen (secondary N) is 1. The van der Waals surface area contributed by atoms with E-state index in [0.717, 1.165) is 5.56 Å². The van der Waals surface area contributed by atoms with Crippen LogP contribution in [-0.4, -0.2) is 58.8 Å². The molecule has 1 aliphatic heterocycles. The lowest BCUT2D eigenvalue weighted by atomic mass is 10.2. The molecule has 2 heterocycles. The number of rotatable bonds is 7. The second kappa shape index (κ2) is 8.06. The Kier molecular flexibility index (Phi) is 5.92. The summed E-state index contributed by atoms with van der Waals surface area (Å²) in [5.41, 5.74) is 0.842. The van der Waals surface area contributed by atoms with Crippen LogP contribution in [0.25, 0.3) is 0 Å². The van der Waals surface area contributed by atoms with Crippen LogP contribution in [0.2, 0.25) is 0 Å². The van der Waals surface area contributed by atoms with Crippen molar-refractivity contribution in [3.8, 4) is 11.5 Å². The van der Waals surface area contributed by atoms with Crippen LogP contribution >= 0.6 is 0 Å². The zero-order valence-corrected chi connectivity index (χ0v) is 17.2. The van der Waals surface area contributed by atoms with E-state index in [1.807, 2.05) is 6.07 Å². The Morgan fingerprint density at radius 3 is 2.54 bits per heavy atom. The van der Waals surface area contributed by atoms with E-state index in [1.54, 1.807) is 18.5 Å². The molecule has 0 radical (unpaired) electrons. The highest BCUT2D eigenvalue weighted by molar-refractivity contribution is 7.96. The summed E-state index contributed by atoms with van der Waals surface area (Å²) >= 11 is 0. The quantitative estimate of drug-likeness (QED) is 0.693. The molecule has 1 N–H and O–H groups in total. The average molecular weight is 427 g/mol. The summed E-state index contributed by atoms with van der Waals surface area (Å²) in [7, 11) is -4.53. The summed E-state index contributed by atoms with van der Waals surface area (Å²) in [6, 6.07) is 7.13. The summed E-state index contributed by atoms with van der Waals surface area (Å²) in [6.07, 6.45) is 3.28. The minimum atomic E-state index is -3.91. The topological polar surface area (TPSA) is 112 Å². The first-order valence-electron chi connectivity index (χ1n) is 8.55. The number of aromatic nitrogens is 1. The second-order valence-electron chi connectivity index (χ2n) is 6.53. The number of ether oxygens (including phenoxy) is 2. The van der Waals surface area contributed by atoms with Gasteiger partial charge in [-0.1, -0.05) is 6.07 Å². The molecule has 1 aliphatic rings. The number of hydrogen-bond donors (Lipinski definition) is 1. The van der Waals surface area contributed by atoms with Crippen LogP contribution < -0.4 is 14.8 Å². The Morgan fingerprint density at radius 1 is 1.14 bits per heavy atom. The average Bonchev–Trinajstić information content (AvgIpc) is 3.02. The predicted octanol–water partition coefficient (Wildman–Crippen LogP) is 0.828. The highest BCUT2D eigenvalue weighted by Crippen LogP contribution is 2.33. The molecule has 10 heteroatoms. The molecule has 1 aromatic carbocycles. The lowest BCUT2D eigenvalue weighted by Crippen LogP contribution is -2.43. The van der Waals surface area contributed by atoms with Gasteiger partial charge in [-0.15, -0.1) is 0 Å². The molecule has 0 bridgehead atoms. The summed E-state index contributed by atoms with van der Waals surface area (Å²) < 4.78 is 61.1. The molecule has 28 heavy (non-hydrogen) atoms. The van der Waals surface area contributed by atoms with Crippen molar-refractivity contribution < 1.29 is 26.3 Å². The summed E-state index contributed by atoms with van der Waals surface area (Å²) in [6.45, 7) is 0.325. The molecule has 2 aromatic rings. The summed E-state index contributed by atoms with van der Waals surface area (Å²) in [4.78, 5) is 4.01. The van der Waals surface area contributed by atoms with Gasteiger partial charge in [0, 0.05) is 31.0 Å². The van der Waals surface area contributed by atoms with Crippen molar-refractivity contribution in [3.05, 3.63) is 48.3 Å². The summed E-state index contributed by atoms with van der Waals surface area (Å²) in [5.74, 6) is 0.00907. The molecule has 0 aliphatic carbocycles. The van der Waals surface area contributed by atoms with Crippen LogP contribution in [-0.2, 0) is 26.2 Å². The van der Waals surface area contributed by atoms with Gasteiger partial charge >= 0.3 is 0 Å². The van der Waals surface area contributed by atoms with Gasteiger partial charge in [-0.3, -0.25) is 4.98 Å². The number of benzene rings is 1. The highest BCUT2D eigenvalue weighted by atomic mass is 32.2. The SMILES string of the molecule is COc1ccc(S(=O)(=O)[C@H]2CS(=O)(=O)C[C@@H]2NCc2cccnc2)cc1OC. The maximum Gasteiger partial charge on any atom is 0.183 e. The monoisotopic (exact) mass is 426 g/mol. The van der Waals surface area contributed by atoms with Gasteiger partial charge < -0.3 is 14.8 Å². The second-order valence-corrected chi connectivity index (χ2v) is 10.8. The maximum absolute atomic E-state index is 13.2. The number of pyridine rings is 1. The van der Waals surface area contributed by atoms with Crippen LogP contribution in [0.1, 0.15) is 5.56 Å². The fourth-order valence-electron chi connectivity index (χ4n) is 3.23. The first kappa shape index (κ1) is 20.6. The van der Waals surface area contributed by atoms with Crippen LogP contribution in [0.5, 0.6) is 11.5 Å². The van der Waals surface area contributed by atoms with E-state index in [-0.39, 0.29) is 16.4 Å².